The third-order valence-corrected chi connectivity index (χ3v) is 2.40. The summed E-state index contributed by atoms with van der Waals surface area (Å²) in [4.78, 5) is 9.53. The molecule has 0 aromatic heterocycles. The molecular weight excluding hydrogens is 199 g/mol. The van der Waals surface area contributed by atoms with Gasteiger partial charge in [0.2, 0.25) is 0 Å². The van der Waals surface area contributed by atoms with Crippen LogP contribution in [0.2, 0.25) is 0 Å². The van der Waals surface area contributed by atoms with Crippen molar-refractivity contribution in [3.63, 3.8) is 0 Å². The minimum absolute atomic E-state index is 0.358. The fraction of sp³-hybridized carbons (Fsp3) is 0.400. The SMILES string of the molecule is [2H][P+](O)(OCCCC)Oc1ccccc1. The highest BCUT2D eigenvalue weighted by atomic mass is 31.2. The maximum atomic E-state index is 9.53. The van der Waals surface area contributed by atoms with Crippen LogP contribution in [0.5, 0.6) is 5.75 Å². The molecule has 0 aliphatic rings. The highest BCUT2D eigenvalue weighted by molar-refractivity contribution is 7.41. The quantitative estimate of drug-likeness (QED) is 0.587. The van der Waals surface area contributed by atoms with Crippen molar-refractivity contribution in [3.05, 3.63) is 30.3 Å². The molecule has 0 spiro atoms. The van der Waals surface area contributed by atoms with Crippen LogP contribution in [-0.4, -0.2) is 12.8 Å². The molecule has 0 amide bonds. The number of para-hydroxylation sites is 1. The number of hydrogen-bond donors (Lipinski definition) is 1. The Morgan fingerprint density at radius 1 is 1.43 bits per heavy atom. The van der Waals surface area contributed by atoms with Crippen LogP contribution in [0.3, 0.4) is 0 Å². The van der Waals surface area contributed by atoms with Gasteiger partial charge < -0.3 is 0 Å². The van der Waals surface area contributed by atoms with E-state index in [1.807, 2.05) is 13.0 Å². The summed E-state index contributed by atoms with van der Waals surface area (Å²) >= 11 is 0. The van der Waals surface area contributed by atoms with E-state index < -0.39 is 8.55 Å². The van der Waals surface area contributed by atoms with Gasteiger partial charge in [0.25, 0.3) is 0 Å². The predicted octanol–water partition coefficient (Wildman–Crippen LogP) is 2.83. The highest BCUT2D eigenvalue weighted by Crippen LogP contribution is 2.34. The summed E-state index contributed by atoms with van der Waals surface area (Å²) in [6.45, 7) is 2.37. The molecule has 0 radical (unpaired) electrons. The van der Waals surface area contributed by atoms with Crippen molar-refractivity contribution in [1.82, 2.24) is 0 Å². The lowest BCUT2D eigenvalue weighted by Gasteiger charge is -2.02. The van der Waals surface area contributed by atoms with Crippen molar-refractivity contribution in [2.24, 2.45) is 0 Å². The molecule has 0 saturated heterocycles. The molecule has 1 rings (SSSR count). The van der Waals surface area contributed by atoms with Gasteiger partial charge in [0.15, 0.2) is 5.75 Å². The molecule has 1 unspecified atom stereocenters. The van der Waals surface area contributed by atoms with Gasteiger partial charge in [-0.2, -0.15) is 9.42 Å². The summed E-state index contributed by atoms with van der Waals surface area (Å²) in [5.74, 6) is 0.458. The van der Waals surface area contributed by atoms with E-state index in [-0.39, 0.29) is 0 Å². The Morgan fingerprint density at radius 3 is 2.79 bits per heavy atom. The first-order valence-electron chi connectivity index (χ1n) is 5.12. The summed E-state index contributed by atoms with van der Waals surface area (Å²) in [6, 6.07) is 8.76. The van der Waals surface area contributed by atoms with Gasteiger partial charge in [0, 0.05) is 0 Å². The van der Waals surface area contributed by atoms with Crippen LogP contribution >= 0.6 is 8.55 Å². The van der Waals surface area contributed by atoms with Crippen LogP contribution in [0.4, 0.5) is 0 Å². The smallest absolute Gasteiger partial charge is 0.289 e. The number of rotatable bonds is 6. The second-order valence-corrected chi connectivity index (χ2v) is 3.75. The van der Waals surface area contributed by atoms with Crippen LogP contribution < -0.4 is 4.52 Å². The summed E-state index contributed by atoms with van der Waals surface area (Å²) in [6.07, 6.45) is 1.78. The molecule has 0 fully saturated rings. The molecule has 1 aromatic carbocycles. The minimum Gasteiger partial charge on any atom is -0.289 e. The van der Waals surface area contributed by atoms with E-state index >= 15 is 0 Å². The van der Waals surface area contributed by atoms with Gasteiger partial charge in [-0.05, 0) is 18.6 Å². The molecule has 0 saturated carbocycles. The van der Waals surface area contributed by atoms with Gasteiger partial charge in [0.1, 0.15) is 0 Å². The van der Waals surface area contributed by atoms with Crippen LogP contribution in [0.15, 0.2) is 30.3 Å². The topological polar surface area (TPSA) is 38.7 Å². The van der Waals surface area contributed by atoms with Gasteiger partial charge in [-0.1, -0.05) is 31.5 Å². The van der Waals surface area contributed by atoms with Gasteiger partial charge in [-0.3, -0.25) is 4.52 Å². The molecule has 1 N–H and O–H groups in total. The van der Waals surface area contributed by atoms with Crippen molar-refractivity contribution < 1.29 is 13.9 Å². The van der Waals surface area contributed by atoms with Crippen molar-refractivity contribution in [2.45, 2.75) is 19.8 Å². The zero-order valence-corrected chi connectivity index (χ0v) is 9.11. The first-order valence-corrected chi connectivity index (χ1v) is 5.81. The lowest BCUT2D eigenvalue weighted by Crippen LogP contribution is -1.93. The lowest BCUT2D eigenvalue weighted by atomic mass is 10.3. The fourth-order valence-electron chi connectivity index (χ4n) is 0.885. The molecule has 0 heterocycles. The van der Waals surface area contributed by atoms with Gasteiger partial charge in [-0.15, -0.1) is 0 Å². The molecule has 1 aromatic rings. The highest BCUT2D eigenvalue weighted by Gasteiger charge is 2.14. The summed E-state index contributed by atoms with van der Waals surface area (Å²) in [5.41, 5.74) is 0. The van der Waals surface area contributed by atoms with Crippen molar-refractivity contribution in [2.75, 3.05) is 6.61 Å². The Bertz CT molecular complexity index is 279. The van der Waals surface area contributed by atoms with Crippen LogP contribution in [0.1, 0.15) is 19.8 Å². The molecule has 0 aliphatic heterocycles. The summed E-state index contributed by atoms with van der Waals surface area (Å²) in [5, 5.41) is 0. The third kappa shape index (κ3) is 4.56. The Hall–Kier alpha value is -0.630. The van der Waals surface area contributed by atoms with E-state index in [1.165, 1.54) is 0 Å². The molecule has 3 nitrogen and oxygen atoms in total. The monoisotopic (exact) mass is 216 g/mol. The molecule has 0 bridgehead atoms. The third-order valence-electron chi connectivity index (χ3n) is 1.63. The lowest BCUT2D eigenvalue weighted by molar-refractivity contribution is 0.256. The standard InChI is InChI=1S/C10H16O3P/c1-2-3-9-12-14(11)13-10-7-5-4-6-8-10/h4-8,11,14H,2-3,9H2,1H3/q+1/i14D. The number of hydrogen-bond acceptors (Lipinski definition) is 3. The molecular formula is C10H16O3P+. The molecule has 4 heteroatoms. The Kier molecular flexibility index (Phi) is 4.79. The molecule has 14 heavy (non-hydrogen) atoms. The predicted molar refractivity (Wildman–Crippen MR) is 58.5 cm³/mol. The normalized spacial score (nSPS) is 15.7. The average molecular weight is 216 g/mol. The fourth-order valence-corrected chi connectivity index (χ4v) is 1.52. The first-order chi connectivity index (χ1) is 7.14. The minimum atomic E-state index is -3.44. The van der Waals surface area contributed by atoms with E-state index in [9.17, 15) is 4.89 Å². The average Bonchev–Trinajstić information content (AvgIpc) is 2.18. The van der Waals surface area contributed by atoms with E-state index in [0.29, 0.717) is 12.4 Å². The number of unbranched alkanes of at least 4 members (excludes halogenated alkanes) is 1. The van der Waals surface area contributed by atoms with Crippen LogP contribution in [-0.2, 0) is 4.52 Å². The Morgan fingerprint density at radius 2 is 2.14 bits per heavy atom. The van der Waals surface area contributed by atoms with Crippen LogP contribution in [0.25, 0.3) is 0 Å². The van der Waals surface area contributed by atoms with Crippen LogP contribution in [0, 0.1) is 0 Å². The maximum Gasteiger partial charge on any atom is 0.441 e. The van der Waals surface area contributed by atoms with E-state index in [1.54, 1.807) is 24.3 Å². The van der Waals surface area contributed by atoms with E-state index in [4.69, 9.17) is 10.3 Å². The summed E-state index contributed by atoms with van der Waals surface area (Å²) in [7, 11) is -3.44. The van der Waals surface area contributed by atoms with E-state index in [2.05, 4.69) is 0 Å². The molecule has 78 valence electrons. The van der Waals surface area contributed by atoms with Gasteiger partial charge in [-0.25, -0.2) is 0 Å². The second-order valence-electron chi connectivity index (χ2n) is 2.83. The van der Waals surface area contributed by atoms with Crippen molar-refractivity contribution in [1.29, 1.82) is 1.28 Å². The zero-order chi connectivity index (χ0) is 11.1. The number of benzene rings is 1. The van der Waals surface area contributed by atoms with Crippen molar-refractivity contribution >= 4 is 8.55 Å². The Balaban J connectivity index is 2.42. The van der Waals surface area contributed by atoms with Crippen molar-refractivity contribution in [3.8, 4) is 5.75 Å². The largest absolute Gasteiger partial charge is 0.441 e. The molecule has 1 atom stereocenters. The maximum absolute atomic E-state index is 9.53. The second kappa shape index (κ2) is 6.77. The van der Waals surface area contributed by atoms with Gasteiger partial charge >= 0.3 is 9.83 Å². The zero-order valence-electron chi connectivity index (χ0n) is 9.22. The summed E-state index contributed by atoms with van der Waals surface area (Å²) < 4.78 is 17.5. The first kappa shape index (κ1) is 9.91. The molecule has 0 aliphatic carbocycles. The van der Waals surface area contributed by atoms with E-state index in [0.717, 1.165) is 12.8 Å². The Labute approximate surface area is 87.0 Å². The van der Waals surface area contributed by atoms with Gasteiger partial charge in [0.05, 0.1) is 6.61 Å².